The van der Waals surface area contributed by atoms with E-state index in [0.717, 1.165) is 35.1 Å². The predicted molar refractivity (Wildman–Crippen MR) is 85.3 cm³/mol. The summed E-state index contributed by atoms with van der Waals surface area (Å²) in [6.45, 7) is 8.61. The molecule has 2 nitrogen and oxygen atoms in total. The lowest BCUT2D eigenvalue weighted by Gasteiger charge is -2.22. The molecule has 0 spiro atoms. The third kappa shape index (κ3) is 5.70. The quantitative estimate of drug-likeness (QED) is 0.752. The Labute approximate surface area is 127 Å². The number of hydrogen-bond acceptors (Lipinski definition) is 2. The molecule has 19 heavy (non-hydrogen) atoms. The van der Waals surface area contributed by atoms with E-state index in [1.54, 1.807) is 0 Å². The number of hydrogen-bond donors (Lipinski definition) is 1. The summed E-state index contributed by atoms with van der Waals surface area (Å²) in [5.74, 6) is 0. The van der Waals surface area contributed by atoms with Gasteiger partial charge in [0.2, 0.25) is 0 Å². The molecule has 108 valence electrons. The molecule has 1 aromatic rings. The van der Waals surface area contributed by atoms with Crippen LogP contribution in [0.4, 0.5) is 0 Å². The van der Waals surface area contributed by atoms with Crippen LogP contribution in [0.25, 0.3) is 0 Å². The molecular weight excluding hydrogens is 279 g/mol. The summed E-state index contributed by atoms with van der Waals surface area (Å²) in [6.07, 6.45) is 1.12. The van der Waals surface area contributed by atoms with Gasteiger partial charge in [0.15, 0.2) is 0 Å². The number of rotatable bonds is 7. The van der Waals surface area contributed by atoms with Gasteiger partial charge in [0.05, 0.1) is 0 Å². The summed E-state index contributed by atoms with van der Waals surface area (Å²) >= 11 is 12.2. The summed E-state index contributed by atoms with van der Waals surface area (Å²) in [7, 11) is 2.15. The predicted octanol–water partition coefficient (Wildman–Crippen LogP) is 4.37. The van der Waals surface area contributed by atoms with Gasteiger partial charge in [-0.2, -0.15) is 0 Å². The van der Waals surface area contributed by atoms with E-state index >= 15 is 0 Å². The third-order valence-electron chi connectivity index (χ3n) is 3.44. The molecule has 4 heteroatoms. The second-order valence-corrected chi connectivity index (χ2v) is 6.11. The van der Waals surface area contributed by atoms with Crippen LogP contribution in [0.1, 0.15) is 38.8 Å². The van der Waals surface area contributed by atoms with E-state index in [1.165, 1.54) is 0 Å². The molecule has 1 atom stereocenters. The van der Waals surface area contributed by atoms with Gasteiger partial charge in [0, 0.05) is 22.1 Å². The maximum absolute atomic E-state index is 6.19. The standard InChI is InChI=1S/C15H24Cl2N2/c1-11(2)19(4)9-5-8-18-12(3)14-10-13(16)6-7-15(14)17/h6-7,10-12,18H,5,8-9H2,1-4H3. The minimum atomic E-state index is 0.218. The first kappa shape index (κ1) is 16.8. The molecule has 0 radical (unpaired) electrons. The Kier molecular flexibility index (Phi) is 7.16. The second-order valence-electron chi connectivity index (χ2n) is 5.27. The molecule has 0 aromatic heterocycles. The molecule has 1 unspecified atom stereocenters. The average molecular weight is 303 g/mol. The van der Waals surface area contributed by atoms with E-state index in [2.05, 4.69) is 38.0 Å². The van der Waals surface area contributed by atoms with Gasteiger partial charge in [0.25, 0.3) is 0 Å². The maximum Gasteiger partial charge on any atom is 0.0454 e. The van der Waals surface area contributed by atoms with Gasteiger partial charge in [-0.3, -0.25) is 0 Å². The molecule has 0 aliphatic carbocycles. The molecule has 0 heterocycles. The summed E-state index contributed by atoms with van der Waals surface area (Å²) < 4.78 is 0. The molecule has 0 fully saturated rings. The Morgan fingerprint density at radius 1 is 1.21 bits per heavy atom. The molecule has 0 amide bonds. The van der Waals surface area contributed by atoms with Crippen molar-refractivity contribution in [2.75, 3.05) is 20.1 Å². The van der Waals surface area contributed by atoms with Gasteiger partial charge in [-0.05, 0) is 71.1 Å². The van der Waals surface area contributed by atoms with Gasteiger partial charge < -0.3 is 10.2 Å². The van der Waals surface area contributed by atoms with E-state index in [-0.39, 0.29) is 6.04 Å². The van der Waals surface area contributed by atoms with Crippen molar-refractivity contribution in [2.45, 2.75) is 39.3 Å². The van der Waals surface area contributed by atoms with Crippen LogP contribution in [0.3, 0.4) is 0 Å². The van der Waals surface area contributed by atoms with Crippen LogP contribution in [0.5, 0.6) is 0 Å². The third-order valence-corrected chi connectivity index (χ3v) is 4.02. The number of nitrogens with one attached hydrogen (secondary N) is 1. The molecule has 1 rings (SSSR count). The van der Waals surface area contributed by atoms with Crippen molar-refractivity contribution in [1.82, 2.24) is 10.2 Å². The minimum absolute atomic E-state index is 0.218. The maximum atomic E-state index is 6.19. The molecule has 0 bridgehead atoms. The number of halogens is 2. The van der Waals surface area contributed by atoms with Crippen molar-refractivity contribution in [3.05, 3.63) is 33.8 Å². The average Bonchev–Trinajstić information content (AvgIpc) is 2.36. The zero-order chi connectivity index (χ0) is 14.4. The van der Waals surface area contributed by atoms with E-state index in [0.29, 0.717) is 6.04 Å². The Bertz CT molecular complexity index is 394. The molecule has 0 aliphatic heterocycles. The highest BCUT2D eigenvalue weighted by atomic mass is 35.5. The van der Waals surface area contributed by atoms with Gasteiger partial charge in [-0.15, -0.1) is 0 Å². The van der Waals surface area contributed by atoms with Gasteiger partial charge >= 0.3 is 0 Å². The first-order chi connectivity index (χ1) is 8.91. The Hall–Kier alpha value is -0.280. The van der Waals surface area contributed by atoms with Crippen LogP contribution in [-0.2, 0) is 0 Å². The lowest BCUT2D eigenvalue weighted by molar-refractivity contribution is 0.268. The number of benzene rings is 1. The first-order valence-corrected chi connectivity index (χ1v) is 7.56. The van der Waals surface area contributed by atoms with Gasteiger partial charge in [-0.25, -0.2) is 0 Å². The van der Waals surface area contributed by atoms with Crippen molar-refractivity contribution in [3.8, 4) is 0 Å². The van der Waals surface area contributed by atoms with Crippen molar-refractivity contribution >= 4 is 23.2 Å². The van der Waals surface area contributed by atoms with Crippen LogP contribution in [0, 0.1) is 0 Å². The number of nitrogens with zero attached hydrogens (tertiary/aromatic N) is 1. The summed E-state index contributed by atoms with van der Waals surface area (Å²) in [4.78, 5) is 2.35. The van der Waals surface area contributed by atoms with E-state index in [1.807, 2.05) is 18.2 Å². The topological polar surface area (TPSA) is 15.3 Å². The Morgan fingerprint density at radius 3 is 2.53 bits per heavy atom. The molecule has 1 aromatic carbocycles. The molecular formula is C15H24Cl2N2. The van der Waals surface area contributed by atoms with Crippen molar-refractivity contribution < 1.29 is 0 Å². The summed E-state index contributed by atoms with van der Waals surface area (Å²) in [6, 6.07) is 6.42. The highest BCUT2D eigenvalue weighted by Gasteiger charge is 2.10. The fourth-order valence-electron chi connectivity index (χ4n) is 1.86. The minimum Gasteiger partial charge on any atom is -0.310 e. The highest BCUT2D eigenvalue weighted by molar-refractivity contribution is 6.33. The fourth-order valence-corrected chi connectivity index (χ4v) is 2.32. The Balaban J connectivity index is 2.39. The lowest BCUT2D eigenvalue weighted by atomic mass is 10.1. The van der Waals surface area contributed by atoms with Crippen LogP contribution < -0.4 is 5.32 Å². The largest absolute Gasteiger partial charge is 0.310 e. The Morgan fingerprint density at radius 2 is 1.89 bits per heavy atom. The van der Waals surface area contributed by atoms with Crippen molar-refractivity contribution in [1.29, 1.82) is 0 Å². The summed E-state index contributed by atoms with van der Waals surface area (Å²) in [5, 5.41) is 4.99. The van der Waals surface area contributed by atoms with Crippen molar-refractivity contribution in [2.24, 2.45) is 0 Å². The summed E-state index contributed by atoms with van der Waals surface area (Å²) in [5.41, 5.74) is 1.06. The van der Waals surface area contributed by atoms with Crippen LogP contribution in [0.2, 0.25) is 10.0 Å². The normalized spacial score (nSPS) is 13.3. The molecule has 1 N–H and O–H groups in total. The lowest BCUT2D eigenvalue weighted by Crippen LogP contribution is -2.30. The molecule has 0 aliphatic rings. The zero-order valence-corrected chi connectivity index (χ0v) is 13.7. The second kappa shape index (κ2) is 8.11. The SMILES string of the molecule is CC(NCCCN(C)C(C)C)c1cc(Cl)ccc1Cl. The fraction of sp³-hybridized carbons (Fsp3) is 0.600. The van der Waals surface area contributed by atoms with E-state index in [4.69, 9.17) is 23.2 Å². The van der Waals surface area contributed by atoms with Crippen LogP contribution in [0.15, 0.2) is 18.2 Å². The van der Waals surface area contributed by atoms with Gasteiger partial charge in [-0.1, -0.05) is 23.2 Å². The zero-order valence-electron chi connectivity index (χ0n) is 12.2. The molecule has 0 saturated heterocycles. The monoisotopic (exact) mass is 302 g/mol. The molecule has 0 saturated carbocycles. The van der Waals surface area contributed by atoms with Crippen molar-refractivity contribution in [3.63, 3.8) is 0 Å². The van der Waals surface area contributed by atoms with E-state index in [9.17, 15) is 0 Å². The smallest absolute Gasteiger partial charge is 0.0454 e. The van der Waals surface area contributed by atoms with Crippen LogP contribution in [-0.4, -0.2) is 31.1 Å². The van der Waals surface area contributed by atoms with Crippen LogP contribution >= 0.6 is 23.2 Å². The first-order valence-electron chi connectivity index (χ1n) is 6.80. The van der Waals surface area contributed by atoms with Gasteiger partial charge in [0.1, 0.15) is 0 Å². The van der Waals surface area contributed by atoms with E-state index < -0.39 is 0 Å². The highest BCUT2D eigenvalue weighted by Crippen LogP contribution is 2.25.